The third-order valence-corrected chi connectivity index (χ3v) is 2.34. The number of benzene rings is 1. The molecule has 0 atom stereocenters. The summed E-state index contributed by atoms with van der Waals surface area (Å²) in [6, 6.07) is 3.26. The molecule has 5 nitrogen and oxygen atoms in total. The Bertz CT molecular complexity index is 404. The summed E-state index contributed by atoms with van der Waals surface area (Å²) in [5.74, 6) is 1.45. The fourth-order valence-electron chi connectivity index (χ4n) is 1.50. The number of rotatable bonds is 6. The predicted octanol–water partition coefficient (Wildman–Crippen LogP) is 1.11. The van der Waals surface area contributed by atoms with Gasteiger partial charge in [0.05, 0.1) is 33.4 Å². The summed E-state index contributed by atoms with van der Waals surface area (Å²) in [6.07, 6.45) is 0. The number of Topliss-reactive ketones (excluding diaryl/α,β-unsaturated/α-hetero) is 1. The van der Waals surface area contributed by atoms with Crippen LogP contribution in [0.1, 0.15) is 10.4 Å². The molecule has 1 rings (SSSR count). The van der Waals surface area contributed by atoms with Crippen molar-refractivity contribution in [1.29, 1.82) is 0 Å². The summed E-state index contributed by atoms with van der Waals surface area (Å²) in [5, 5.41) is 2.81. The molecule has 0 saturated heterocycles. The van der Waals surface area contributed by atoms with Gasteiger partial charge in [-0.2, -0.15) is 0 Å². The zero-order chi connectivity index (χ0) is 12.8. The minimum Gasteiger partial charge on any atom is -0.496 e. The minimum atomic E-state index is -0.0645. The van der Waals surface area contributed by atoms with E-state index in [9.17, 15) is 4.79 Å². The zero-order valence-corrected chi connectivity index (χ0v) is 10.5. The van der Waals surface area contributed by atoms with E-state index in [2.05, 4.69) is 5.32 Å². The minimum absolute atomic E-state index is 0.0645. The first kappa shape index (κ1) is 13.3. The number of carbonyl (C=O) groups excluding carboxylic acids is 1. The highest BCUT2D eigenvalue weighted by molar-refractivity contribution is 6.00. The zero-order valence-electron chi connectivity index (χ0n) is 10.5. The van der Waals surface area contributed by atoms with Crippen molar-refractivity contribution in [2.75, 3.05) is 34.9 Å². The van der Waals surface area contributed by atoms with E-state index in [0.29, 0.717) is 22.8 Å². The molecule has 0 unspecified atom stereocenters. The number of nitrogens with one attached hydrogen (secondary N) is 1. The second kappa shape index (κ2) is 6.10. The maximum absolute atomic E-state index is 11.9. The van der Waals surface area contributed by atoms with Crippen molar-refractivity contribution < 1.29 is 19.0 Å². The third kappa shape index (κ3) is 2.88. The third-order valence-electron chi connectivity index (χ3n) is 2.34. The molecule has 1 aromatic rings. The van der Waals surface area contributed by atoms with Crippen molar-refractivity contribution in [3.05, 3.63) is 17.7 Å². The Morgan fingerprint density at radius 2 is 1.59 bits per heavy atom. The molecule has 0 saturated carbocycles. The van der Waals surface area contributed by atoms with Crippen LogP contribution in [-0.4, -0.2) is 40.7 Å². The maximum atomic E-state index is 11.9. The van der Waals surface area contributed by atoms with Gasteiger partial charge >= 0.3 is 0 Å². The van der Waals surface area contributed by atoms with Crippen LogP contribution in [0.15, 0.2) is 12.1 Å². The fourth-order valence-corrected chi connectivity index (χ4v) is 1.50. The number of hydrogen-bond donors (Lipinski definition) is 1. The smallest absolute Gasteiger partial charge is 0.180 e. The normalized spacial score (nSPS) is 9.88. The quantitative estimate of drug-likeness (QED) is 0.754. The number of likely N-dealkylation sites (N-methyl/N-ethyl adjacent to an activating group) is 1. The van der Waals surface area contributed by atoms with E-state index < -0.39 is 0 Å². The molecule has 0 aliphatic carbocycles. The van der Waals surface area contributed by atoms with Crippen molar-refractivity contribution in [3.8, 4) is 17.2 Å². The molecule has 1 N–H and O–H groups in total. The van der Waals surface area contributed by atoms with Crippen molar-refractivity contribution >= 4 is 5.78 Å². The van der Waals surface area contributed by atoms with Gasteiger partial charge in [0.2, 0.25) is 0 Å². The lowest BCUT2D eigenvalue weighted by atomic mass is 10.1. The number of methoxy groups -OCH3 is 3. The molecule has 0 heterocycles. The average molecular weight is 239 g/mol. The topological polar surface area (TPSA) is 56.8 Å². The Morgan fingerprint density at radius 1 is 1.06 bits per heavy atom. The van der Waals surface area contributed by atoms with E-state index >= 15 is 0 Å². The first-order valence-electron chi connectivity index (χ1n) is 5.15. The molecule has 94 valence electrons. The van der Waals surface area contributed by atoms with Gasteiger partial charge < -0.3 is 19.5 Å². The van der Waals surface area contributed by atoms with Gasteiger partial charge in [-0.15, -0.1) is 0 Å². The monoisotopic (exact) mass is 239 g/mol. The molecule has 0 aliphatic rings. The van der Waals surface area contributed by atoms with Gasteiger partial charge in [0.1, 0.15) is 5.75 Å². The summed E-state index contributed by atoms with van der Waals surface area (Å²) in [4.78, 5) is 11.9. The number of ether oxygens (including phenoxy) is 3. The molecule has 5 heteroatoms. The number of hydrogen-bond acceptors (Lipinski definition) is 5. The van der Waals surface area contributed by atoms with Gasteiger partial charge in [-0.3, -0.25) is 4.79 Å². The molecule has 0 radical (unpaired) electrons. The highest BCUT2D eigenvalue weighted by Crippen LogP contribution is 2.34. The van der Waals surface area contributed by atoms with Crippen LogP contribution in [0.3, 0.4) is 0 Å². The second-order valence-electron chi connectivity index (χ2n) is 3.36. The second-order valence-corrected chi connectivity index (χ2v) is 3.36. The maximum Gasteiger partial charge on any atom is 0.180 e. The number of ketones is 1. The Balaban J connectivity index is 3.23. The van der Waals surface area contributed by atoms with Crippen LogP contribution in [0, 0.1) is 0 Å². The molecule has 0 spiro atoms. The lowest BCUT2D eigenvalue weighted by molar-refractivity contribution is 0.0990. The number of carbonyl (C=O) groups is 1. The van der Waals surface area contributed by atoms with Crippen molar-refractivity contribution in [1.82, 2.24) is 5.32 Å². The fraction of sp³-hybridized carbons (Fsp3) is 0.417. The molecular weight excluding hydrogens is 222 g/mol. The summed E-state index contributed by atoms with van der Waals surface area (Å²) < 4.78 is 15.5. The van der Waals surface area contributed by atoms with E-state index in [1.165, 1.54) is 21.3 Å². The van der Waals surface area contributed by atoms with E-state index in [0.717, 1.165) is 0 Å². The van der Waals surface area contributed by atoms with Gasteiger partial charge in [0, 0.05) is 6.07 Å². The standard InChI is InChI=1S/C12H17NO4/c1-13-7-9(14)8-5-11(16-3)12(17-4)6-10(8)15-2/h5-6,13H,7H2,1-4H3. The van der Waals surface area contributed by atoms with Crippen molar-refractivity contribution in [2.45, 2.75) is 0 Å². The largest absolute Gasteiger partial charge is 0.496 e. The summed E-state index contributed by atoms with van der Waals surface area (Å²) >= 11 is 0. The van der Waals surface area contributed by atoms with Gasteiger partial charge in [0.15, 0.2) is 17.3 Å². The molecule has 0 aromatic heterocycles. The summed E-state index contributed by atoms with van der Waals surface area (Å²) in [5.41, 5.74) is 0.472. The molecule has 0 fully saturated rings. The average Bonchev–Trinajstić information content (AvgIpc) is 2.37. The molecule has 17 heavy (non-hydrogen) atoms. The predicted molar refractivity (Wildman–Crippen MR) is 64.4 cm³/mol. The molecule has 0 amide bonds. The van der Waals surface area contributed by atoms with Crippen molar-refractivity contribution in [2.24, 2.45) is 0 Å². The first-order chi connectivity index (χ1) is 8.17. The molecule has 0 aliphatic heterocycles. The van der Waals surface area contributed by atoms with E-state index in [1.54, 1.807) is 19.2 Å². The van der Waals surface area contributed by atoms with Gasteiger partial charge in [-0.1, -0.05) is 0 Å². The highest BCUT2D eigenvalue weighted by atomic mass is 16.5. The summed E-state index contributed by atoms with van der Waals surface area (Å²) in [6.45, 7) is 0.242. The Kier molecular flexibility index (Phi) is 4.78. The van der Waals surface area contributed by atoms with Crippen molar-refractivity contribution in [3.63, 3.8) is 0 Å². The Hall–Kier alpha value is -1.75. The SMILES string of the molecule is CNCC(=O)c1cc(OC)c(OC)cc1OC. The Morgan fingerprint density at radius 3 is 2.06 bits per heavy atom. The summed E-state index contributed by atoms with van der Waals surface area (Å²) in [7, 11) is 6.28. The van der Waals surface area contributed by atoms with Crippen LogP contribution in [-0.2, 0) is 0 Å². The molecular formula is C12H17NO4. The van der Waals surface area contributed by atoms with Gasteiger partial charge in [0.25, 0.3) is 0 Å². The van der Waals surface area contributed by atoms with Crippen LogP contribution in [0.4, 0.5) is 0 Å². The van der Waals surface area contributed by atoms with E-state index in [-0.39, 0.29) is 12.3 Å². The van der Waals surface area contributed by atoms with Crippen LogP contribution in [0.2, 0.25) is 0 Å². The lowest BCUT2D eigenvalue weighted by Gasteiger charge is -2.13. The van der Waals surface area contributed by atoms with E-state index in [1.807, 2.05) is 0 Å². The van der Waals surface area contributed by atoms with Gasteiger partial charge in [-0.25, -0.2) is 0 Å². The molecule has 0 bridgehead atoms. The van der Waals surface area contributed by atoms with E-state index in [4.69, 9.17) is 14.2 Å². The van der Waals surface area contributed by atoms with Crippen LogP contribution in [0.5, 0.6) is 17.2 Å². The Labute approximate surface area is 101 Å². The first-order valence-corrected chi connectivity index (χ1v) is 5.15. The lowest BCUT2D eigenvalue weighted by Crippen LogP contribution is -2.19. The van der Waals surface area contributed by atoms with Crippen LogP contribution < -0.4 is 19.5 Å². The molecule has 1 aromatic carbocycles. The van der Waals surface area contributed by atoms with Crippen LogP contribution >= 0.6 is 0 Å². The van der Waals surface area contributed by atoms with Gasteiger partial charge in [-0.05, 0) is 13.1 Å². The van der Waals surface area contributed by atoms with Crippen LogP contribution in [0.25, 0.3) is 0 Å². The highest BCUT2D eigenvalue weighted by Gasteiger charge is 2.16.